The second-order valence-electron chi connectivity index (χ2n) is 6.07. The zero-order chi connectivity index (χ0) is 16.9. The second kappa shape index (κ2) is 7.68. The van der Waals surface area contributed by atoms with E-state index in [2.05, 4.69) is 20.2 Å². The van der Waals surface area contributed by atoms with Gasteiger partial charge in [-0.25, -0.2) is 14.4 Å². The maximum absolute atomic E-state index is 13.3. The van der Waals surface area contributed by atoms with Crippen LogP contribution >= 0.6 is 0 Å². The van der Waals surface area contributed by atoms with Gasteiger partial charge in [-0.2, -0.15) is 0 Å². The molecule has 0 unspecified atom stereocenters. The fourth-order valence-corrected chi connectivity index (χ4v) is 3.02. The second-order valence-corrected chi connectivity index (χ2v) is 6.07. The molecule has 1 saturated heterocycles. The summed E-state index contributed by atoms with van der Waals surface area (Å²) in [5.41, 5.74) is 2.96. The molecule has 1 atom stereocenters. The molecule has 1 aromatic carbocycles. The minimum atomic E-state index is -0.218. The standard InChI is InChI=1S/C18H23FN4O/c1-13-11-14(2)22-18(21-13)20-12-17(23-7-9-24-10-8-23)15-3-5-16(19)6-4-15/h3-6,11,17H,7-10,12H2,1-2H3,(H,20,21,22)/t17-/m1/s1. The molecule has 1 fully saturated rings. The third-order valence-corrected chi connectivity index (χ3v) is 4.18. The molecule has 2 heterocycles. The SMILES string of the molecule is Cc1cc(C)nc(NC[C@H](c2ccc(F)cc2)N2CCOCC2)n1. The molecule has 0 bridgehead atoms. The fraction of sp³-hybridized carbons (Fsp3) is 0.444. The van der Waals surface area contributed by atoms with E-state index in [0.717, 1.165) is 43.3 Å². The predicted molar refractivity (Wildman–Crippen MR) is 91.5 cm³/mol. The molecule has 6 heteroatoms. The molecule has 0 saturated carbocycles. The Labute approximate surface area is 141 Å². The molecule has 1 aromatic heterocycles. The van der Waals surface area contributed by atoms with Gasteiger partial charge in [-0.1, -0.05) is 12.1 Å². The van der Waals surface area contributed by atoms with Crippen molar-refractivity contribution in [1.29, 1.82) is 0 Å². The Morgan fingerprint density at radius 3 is 2.38 bits per heavy atom. The lowest BCUT2D eigenvalue weighted by atomic mass is 10.0. The van der Waals surface area contributed by atoms with Crippen molar-refractivity contribution in [2.24, 2.45) is 0 Å². The first-order chi connectivity index (χ1) is 11.6. The normalized spacial score (nSPS) is 16.8. The molecule has 1 aliphatic heterocycles. The zero-order valence-electron chi connectivity index (χ0n) is 14.1. The van der Waals surface area contributed by atoms with Gasteiger partial charge in [0.15, 0.2) is 0 Å². The minimum Gasteiger partial charge on any atom is -0.379 e. The van der Waals surface area contributed by atoms with Crippen LogP contribution in [-0.4, -0.2) is 47.7 Å². The van der Waals surface area contributed by atoms with E-state index < -0.39 is 0 Å². The van der Waals surface area contributed by atoms with Crippen LogP contribution < -0.4 is 5.32 Å². The van der Waals surface area contributed by atoms with Crippen LogP contribution in [0.5, 0.6) is 0 Å². The van der Waals surface area contributed by atoms with E-state index in [1.165, 1.54) is 12.1 Å². The maximum Gasteiger partial charge on any atom is 0.223 e. The molecule has 0 radical (unpaired) electrons. The number of nitrogens with zero attached hydrogens (tertiary/aromatic N) is 3. The quantitative estimate of drug-likeness (QED) is 0.913. The van der Waals surface area contributed by atoms with E-state index >= 15 is 0 Å². The smallest absolute Gasteiger partial charge is 0.223 e. The highest BCUT2D eigenvalue weighted by Gasteiger charge is 2.23. The van der Waals surface area contributed by atoms with Crippen LogP contribution in [0.15, 0.2) is 30.3 Å². The number of morpholine rings is 1. The Hall–Kier alpha value is -2.05. The number of ether oxygens (including phenoxy) is 1. The highest BCUT2D eigenvalue weighted by Crippen LogP contribution is 2.22. The first-order valence-electron chi connectivity index (χ1n) is 8.25. The summed E-state index contributed by atoms with van der Waals surface area (Å²) in [7, 11) is 0. The molecule has 1 aliphatic rings. The lowest BCUT2D eigenvalue weighted by Crippen LogP contribution is -2.41. The first kappa shape index (κ1) is 16.8. The number of hydrogen-bond donors (Lipinski definition) is 1. The van der Waals surface area contributed by atoms with Crippen molar-refractivity contribution in [2.45, 2.75) is 19.9 Å². The van der Waals surface area contributed by atoms with Crippen LogP contribution in [0.2, 0.25) is 0 Å². The van der Waals surface area contributed by atoms with Crippen LogP contribution in [-0.2, 0) is 4.74 Å². The van der Waals surface area contributed by atoms with Crippen molar-refractivity contribution in [3.63, 3.8) is 0 Å². The van der Waals surface area contributed by atoms with Gasteiger partial charge < -0.3 is 10.1 Å². The van der Waals surface area contributed by atoms with Gasteiger partial charge in [-0.15, -0.1) is 0 Å². The van der Waals surface area contributed by atoms with Gasteiger partial charge in [0.1, 0.15) is 5.82 Å². The number of benzene rings is 1. The lowest BCUT2D eigenvalue weighted by molar-refractivity contribution is 0.0186. The van der Waals surface area contributed by atoms with Crippen LogP contribution in [0, 0.1) is 19.7 Å². The number of rotatable bonds is 5. The summed E-state index contributed by atoms with van der Waals surface area (Å²) in [6.45, 7) is 7.73. The third kappa shape index (κ3) is 4.27. The summed E-state index contributed by atoms with van der Waals surface area (Å²) in [5, 5.41) is 3.34. The van der Waals surface area contributed by atoms with E-state index in [0.29, 0.717) is 12.5 Å². The molecular formula is C18H23FN4O. The molecule has 5 nitrogen and oxygen atoms in total. The maximum atomic E-state index is 13.3. The summed E-state index contributed by atoms with van der Waals surface area (Å²) >= 11 is 0. The van der Waals surface area contributed by atoms with Crippen molar-refractivity contribution in [3.05, 3.63) is 53.1 Å². The Balaban J connectivity index is 1.77. The van der Waals surface area contributed by atoms with Gasteiger partial charge in [0.05, 0.1) is 19.3 Å². The predicted octanol–water partition coefficient (Wildman–Crippen LogP) is 2.72. The number of hydrogen-bond acceptors (Lipinski definition) is 5. The highest BCUT2D eigenvalue weighted by atomic mass is 19.1. The molecule has 128 valence electrons. The molecule has 0 amide bonds. The van der Waals surface area contributed by atoms with Crippen molar-refractivity contribution in [1.82, 2.24) is 14.9 Å². The number of aromatic nitrogens is 2. The van der Waals surface area contributed by atoms with Crippen LogP contribution in [0.1, 0.15) is 23.0 Å². The molecule has 0 aliphatic carbocycles. The summed E-state index contributed by atoms with van der Waals surface area (Å²) in [4.78, 5) is 11.2. The average molecular weight is 330 g/mol. The van der Waals surface area contributed by atoms with E-state index in [1.807, 2.05) is 32.0 Å². The van der Waals surface area contributed by atoms with Crippen LogP contribution in [0.4, 0.5) is 10.3 Å². The lowest BCUT2D eigenvalue weighted by Gasteiger charge is -2.35. The Kier molecular flexibility index (Phi) is 5.37. The topological polar surface area (TPSA) is 50.3 Å². The van der Waals surface area contributed by atoms with Crippen LogP contribution in [0.3, 0.4) is 0 Å². The highest BCUT2D eigenvalue weighted by molar-refractivity contribution is 5.30. The summed E-state index contributed by atoms with van der Waals surface area (Å²) in [5.74, 6) is 0.415. The minimum absolute atomic E-state index is 0.124. The largest absolute Gasteiger partial charge is 0.379 e. The molecule has 1 N–H and O–H groups in total. The van der Waals surface area contributed by atoms with Gasteiger partial charge in [-0.05, 0) is 37.6 Å². The van der Waals surface area contributed by atoms with E-state index in [9.17, 15) is 4.39 Å². The van der Waals surface area contributed by atoms with Gasteiger partial charge in [0.2, 0.25) is 5.95 Å². The fourth-order valence-electron chi connectivity index (χ4n) is 3.02. The van der Waals surface area contributed by atoms with Crippen molar-refractivity contribution >= 4 is 5.95 Å². The first-order valence-corrected chi connectivity index (χ1v) is 8.25. The van der Waals surface area contributed by atoms with Crippen molar-refractivity contribution in [3.8, 4) is 0 Å². The molecule has 0 spiro atoms. The molecular weight excluding hydrogens is 307 g/mol. The van der Waals surface area contributed by atoms with Crippen LogP contribution in [0.25, 0.3) is 0 Å². The number of anilines is 1. The number of nitrogens with one attached hydrogen (secondary N) is 1. The Bertz CT molecular complexity index is 651. The van der Waals surface area contributed by atoms with Crippen molar-refractivity contribution in [2.75, 3.05) is 38.2 Å². The summed E-state index contributed by atoms with van der Waals surface area (Å²) in [6, 6.07) is 8.79. The van der Waals surface area contributed by atoms with Gasteiger partial charge in [-0.3, -0.25) is 4.90 Å². The average Bonchev–Trinajstić information content (AvgIpc) is 2.57. The molecule has 3 rings (SSSR count). The third-order valence-electron chi connectivity index (χ3n) is 4.18. The van der Waals surface area contributed by atoms with Gasteiger partial charge >= 0.3 is 0 Å². The number of aryl methyl sites for hydroxylation is 2. The monoisotopic (exact) mass is 330 g/mol. The summed E-state index contributed by atoms with van der Waals surface area (Å²) < 4.78 is 18.7. The summed E-state index contributed by atoms with van der Waals surface area (Å²) in [6.07, 6.45) is 0. The van der Waals surface area contributed by atoms with E-state index in [1.54, 1.807) is 0 Å². The molecule has 2 aromatic rings. The van der Waals surface area contributed by atoms with Gasteiger partial charge in [0, 0.05) is 31.0 Å². The molecule has 24 heavy (non-hydrogen) atoms. The Morgan fingerprint density at radius 1 is 1.12 bits per heavy atom. The van der Waals surface area contributed by atoms with Gasteiger partial charge in [0.25, 0.3) is 0 Å². The zero-order valence-corrected chi connectivity index (χ0v) is 14.1. The Morgan fingerprint density at radius 2 is 1.75 bits per heavy atom. The van der Waals surface area contributed by atoms with E-state index in [4.69, 9.17) is 4.74 Å². The van der Waals surface area contributed by atoms with Crippen molar-refractivity contribution < 1.29 is 9.13 Å². The number of halogens is 1. The van der Waals surface area contributed by atoms with E-state index in [-0.39, 0.29) is 11.9 Å².